The Balaban J connectivity index is 2.17. The van der Waals surface area contributed by atoms with Crippen molar-refractivity contribution in [3.63, 3.8) is 0 Å². The van der Waals surface area contributed by atoms with E-state index in [9.17, 15) is 9.59 Å². The van der Waals surface area contributed by atoms with Crippen LogP contribution in [0.2, 0.25) is 0 Å². The molecule has 0 spiro atoms. The second kappa shape index (κ2) is 9.13. The number of rotatable bonds is 8. The molecule has 0 radical (unpaired) electrons. The molecule has 2 aromatic carbocycles. The van der Waals surface area contributed by atoms with Crippen LogP contribution in [-0.2, 0) is 11.3 Å². The molecule has 0 unspecified atom stereocenters. The molecule has 0 heterocycles. The number of hydrogen-bond acceptors (Lipinski definition) is 4. The van der Waals surface area contributed by atoms with Gasteiger partial charge in [-0.3, -0.25) is 9.59 Å². The number of carbonyl (C=O) groups is 2. The summed E-state index contributed by atoms with van der Waals surface area (Å²) in [4.78, 5) is 26.5. The summed E-state index contributed by atoms with van der Waals surface area (Å²) in [5.41, 5.74) is 6.83. The van der Waals surface area contributed by atoms with Gasteiger partial charge in [0.2, 0.25) is 5.91 Å². The molecule has 2 aromatic rings. The Labute approximate surface area is 152 Å². The lowest BCUT2D eigenvalue weighted by Gasteiger charge is -2.22. The van der Waals surface area contributed by atoms with E-state index in [-0.39, 0.29) is 11.7 Å². The molecule has 132 valence electrons. The zero-order valence-electron chi connectivity index (χ0n) is 14.4. The van der Waals surface area contributed by atoms with Crippen LogP contribution in [0.15, 0.2) is 53.4 Å². The highest BCUT2D eigenvalue weighted by Gasteiger charge is 2.18. The predicted octanol–water partition coefficient (Wildman–Crippen LogP) is 2.93. The highest BCUT2D eigenvalue weighted by atomic mass is 32.2. The number of ether oxygens (including phenoxy) is 1. The van der Waals surface area contributed by atoms with Crippen LogP contribution in [0.25, 0.3) is 0 Å². The van der Waals surface area contributed by atoms with Gasteiger partial charge in [-0.15, -0.1) is 11.8 Å². The third kappa shape index (κ3) is 5.26. The van der Waals surface area contributed by atoms with E-state index in [1.165, 1.54) is 11.8 Å². The molecule has 0 fully saturated rings. The van der Waals surface area contributed by atoms with Crippen LogP contribution in [0.4, 0.5) is 0 Å². The molecule has 0 saturated carbocycles. The minimum Gasteiger partial charge on any atom is -0.497 e. The van der Waals surface area contributed by atoms with Gasteiger partial charge in [0.15, 0.2) is 0 Å². The monoisotopic (exact) mass is 358 g/mol. The molecule has 2 rings (SSSR count). The summed E-state index contributed by atoms with van der Waals surface area (Å²) in [5, 5.41) is 0. The lowest BCUT2D eigenvalue weighted by Crippen LogP contribution is -2.30. The first-order chi connectivity index (χ1) is 12.0. The summed E-state index contributed by atoms with van der Waals surface area (Å²) in [6.45, 7) is 3.04. The molecular formula is C19H22N2O3S. The first-order valence-electron chi connectivity index (χ1n) is 7.97. The van der Waals surface area contributed by atoms with Crippen LogP contribution in [0.1, 0.15) is 22.8 Å². The van der Waals surface area contributed by atoms with Gasteiger partial charge in [0.05, 0.1) is 18.4 Å². The van der Waals surface area contributed by atoms with E-state index in [0.717, 1.165) is 16.2 Å². The predicted molar refractivity (Wildman–Crippen MR) is 99.8 cm³/mol. The minimum absolute atomic E-state index is 0.0640. The second-order valence-electron chi connectivity index (χ2n) is 5.42. The zero-order chi connectivity index (χ0) is 18.2. The van der Waals surface area contributed by atoms with Gasteiger partial charge in [-0.05, 0) is 36.8 Å². The van der Waals surface area contributed by atoms with Crippen LogP contribution in [-0.4, -0.2) is 36.1 Å². The zero-order valence-corrected chi connectivity index (χ0v) is 15.2. The van der Waals surface area contributed by atoms with Crippen LogP contribution in [0, 0.1) is 0 Å². The molecular weight excluding hydrogens is 336 g/mol. The normalized spacial score (nSPS) is 10.3. The van der Waals surface area contributed by atoms with Gasteiger partial charge in [0.25, 0.3) is 5.91 Å². The summed E-state index contributed by atoms with van der Waals surface area (Å²) in [7, 11) is 1.62. The Kier molecular flexibility index (Phi) is 6.89. The molecule has 0 atom stereocenters. The Morgan fingerprint density at radius 3 is 2.40 bits per heavy atom. The Bertz CT molecular complexity index is 732. The number of carbonyl (C=O) groups excluding carboxylic acids is 2. The molecule has 0 aromatic heterocycles. The molecule has 0 aliphatic carbocycles. The van der Waals surface area contributed by atoms with Gasteiger partial charge in [-0.1, -0.05) is 24.3 Å². The van der Waals surface area contributed by atoms with Gasteiger partial charge in [0.1, 0.15) is 5.75 Å². The van der Waals surface area contributed by atoms with E-state index in [0.29, 0.717) is 18.7 Å². The lowest BCUT2D eigenvalue weighted by atomic mass is 10.1. The van der Waals surface area contributed by atoms with Crippen molar-refractivity contribution in [3.8, 4) is 5.75 Å². The fourth-order valence-corrected chi connectivity index (χ4v) is 3.15. The summed E-state index contributed by atoms with van der Waals surface area (Å²) in [6.07, 6.45) is 0. The quantitative estimate of drug-likeness (QED) is 0.737. The van der Waals surface area contributed by atoms with Crippen LogP contribution in [0.5, 0.6) is 5.75 Å². The number of amides is 2. The van der Waals surface area contributed by atoms with E-state index >= 15 is 0 Å². The fraction of sp³-hybridized carbons (Fsp3) is 0.263. The van der Waals surface area contributed by atoms with Crippen molar-refractivity contribution in [2.75, 3.05) is 19.4 Å². The van der Waals surface area contributed by atoms with Crippen molar-refractivity contribution >= 4 is 23.6 Å². The highest BCUT2D eigenvalue weighted by Crippen LogP contribution is 2.24. The van der Waals surface area contributed by atoms with Gasteiger partial charge in [-0.25, -0.2) is 0 Å². The number of nitrogens with two attached hydrogens (primary N) is 1. The Morgan fingerprint density at radius 2 is 1.80 bits per heavy atom. The number of nitrogens with zero attached hydrogens (tertiary/aromatic N) is 1. The maximum atomic E-state index is 12.9. The molecule has 0 aliphatic rings. The minimum atomic E-state index is -0.405. The van der Waals surface area contributed by atoms with Gasteiger partial charge >= 0.3 is 0 Å². The summed E-state index contributed by atoms with van der Waals surface area (Å²) < 4.78 is 5.16. The third-order valence-electron chi connectivity index (χ3n) is 3.69. The third-order valence-corrected chi connectivity index (χ3v) is 4.78. The Morgan fingerprint density at radius 1 is 1.12 bits per heavy atom. The maximum absolute atomic E-state index is 12.9. The molecule has 0 bridgehead atoms. The number of benzene rings is 2. The average Bonchev–Trinajstić information content (AvgIpc) is 2.64. The van der Waals surface area contributed by atoms with E-state index < -0.39 is 5.91 Å². The van der Waals surface area contributed by atoms with Crippen molar-refractivity contribution in [1.82, 2.24) is 4.90 Å². The van der Waals surface area contributed by atoms with Gasteiger partial charge in [-0.2, -0.15) is 0 Å². The lowest BCUT2D eigenvalue weighted by molar-refractivity contribution is -0.115. The topological polar surface area (TPSA) is 72.6 Å². The smallest absolute Gasteiger partial charge is 0.255 e. The summed E-state index contributed by atoms with van der Waals surface area (Å²) in [5.74, 6) is 0.463. The first-order valence-corrected chi connectivity index (χ1v) is 8.96. The fourth-order valence-electron chi connectivity index (χ4n) is 2.37. The standard InChI is InChI=1S/C19H22N2O3S/c1-3-21(12-14-8-10-15(24-2)11-9-14)19(23)16-6-4-5-7-17(16)25-13-18(20)22/h4-11H,3,12-13H2,1-2H3,(H2,20,22). The molecule has 0 saturated heterocycles. The molecule has 5 nitrogen and oxygen atoms in total. The Hall–Kier alpha value is -2.47. The SMILES string of the molecule is CCN(Cc1ccc(OC)cc1)C(=O)c1ccccc1SCC(N)=O. The number of hydrogen-bond donors (Lipinski definition) is 1. The number of thioether (sulfide) groups is 1. The van der Waals surface area contributed by atoms with E-state index in [1.54, 1.807) is 18.1 Å². The molecule has 2 N–H and O–H groups in total. The van der Waals surface area contributed by atoms with Gasteiger partial charge in [0, 0.05) is 18.0 Å². The number of primary amides is 1. The first kappa shape index (κ1) is 18.9. The van der Waals surface area contributed by atoms with Crippen molar-refractivity contribution in [3.05, 3.63) is 59.7 Å². The molecule has 0 aliphatic heterocycles. The van der Waals surface area contributed by atoms with Crippen LogP contribution in [0.3, 0.4) is 0 Å². The van der Waals surface area contributed by atoms with E-state index in [4.69, 9.17) is 10.5 Å². The van der Waals surface area contributed by atoms with Crippen LogP contribution < -0.4 is 10.5 Å². The van der Waals surface area contributed by atoms with E-state index in [1.807, 2.05) is 49.4 Å². The second-order valence-corrected chi connectivity index (χ2v) is 6.44. The van der Waals surface area contributed by atoms with Crippen molar-refractivity contribution in [2.24, 2.45) is 5.73 Å². The molecule has 2 amide bonds. The van der Waals surface area contributed by atoms with Crippen molar-refractivity contribution < 1.29 is 14.3 Å². The molecule has 6 heteroatoms. The van der Waals surface area contributed by atoms with Crippen LogP contribution >= 0.6 is 11.8 Å². The maximum Gasteiger partial charge on any atom is 0.255 e. The molecule has 25 heavy (non-hydrogen) atoms. The largest absolute Gasteiger partial charge is 0.497 e. The van der Waals surface area contributed by atoms with Gasteiger partial charge < -0.3 is 15.4 Å². The highest BCUT2D eigenvalue weighted by molar-refractivity contribution is 8.00. The summed E-state index contributed by atoms with van der Waals surface area (Å²) in [6, 6.07) is 14.9. The van der Waals surface area contributed by atoms with Crippen molar-refractivity contribution in [1.29, 1.82) is 0 Å². The van der Waals surface area contributed by atoms with Crippen molar-refractivity contribution in [2.45, 2.75) is 18.4 Å². The summed E-state index contributed by atoms with van der Waals surface area (Å²) >= 11 is 1.28. The van der Waals surface area contributed by atoms with E-state index in [2.05, 4.69) is 0 Å². The number of methoxy groups -OCH3 is 1. The average molecular weight is 358 g/mol.